The fourth-order valence-electron chi connectivity index (χ4n) is 3.15. The van der Waals surface area contributed by atoms with E-state index in [2.05, 4.69) is 10.3 Å². The lowest BCUT2D eigenvalue weighted by molar-refractivity contribution is 0.0543. The zero-order chi connectivity index (χ0) is 17.9. The minimum Gasteiger partial charge on any atom is -0.381 e. The number of hydrogen-bond donors (Lipinski definition) is 2. The Balaban J connectivity index is 1.91. The summed E-state index contributed by atoms with van der Waals surface area (Å²) < 4.78 is 29.0. The number of nitrogens with one attached hydrogen (secondary N) is 1. The first-order chi connectivity index (χ1) is 11.9. The Bertz CT molecular complexity index is 852. The van der Waals surface area contributed by atoms with Gasteiger partial charge in [-0.25, -0.2) is 18.5 Å². The first-order valence-electron chi connectivity index (χ1n) is 7.96. The van der Waals surface area contributed by atoms with Crippen LogP contribution in [0.3, 0.4) is 0 Å². The van der Waals surface area contributed by atoms with E-state index >= 15 is 0 Å². The summed E-state index contributed by atoms with van der Waals surface area (Å²) in [6, 6.07) is 10.7. The van der Waals surface area contributed by atoms with E-state index in [0.29, 0.717) is 24.8 Å². The molecule has 0 atom stereocenters. The molecule has 0 saturated carbocycles. The summed E-state index contributed by atoms with van der Waals surface area (Å²) in [7, 11) is -3.85. The molecule has 8 heteroatoms. The monoisotopic (exact) mass is 381 g/mol. The summed E-state index contributed by atoms with van der Waals surface area (Å²) in [5.74, 6) is 0.262. The molecule has 0 spiro atoms. The first kappa shape index (κ1) is 18.1. The van der Waals surface area contributed by atoms with Crippen molar-refractivity contribution in [1.82, 2.24) is 4.98 Å². The van der Waals surface area contributed by atoms with Crippen molar-refractivity contribution in [3.63, 3.8) is 0 Å². The molecule has 3 N–H and O–H groups in total. The lowest BCUT2D eigenvalue weighted by Crippen LogP contribution is -2.40. The van der Waals surface area contributed by atoms with Crippen molar-refractivity contribution < 1.29 is 13.2 Å². The molecule has 1 aliphatic heterocycles. The van der Waals surface area contributed by atoms with E-state index < -0.39 is 10.0 Å². The summed E-state index contributed by atoms with van der Waals surface area (Å²) in [4.78, 5) is 4.13. The van der Waals surface area contributed by atoms with Gasteiger partial charge >= 0.3 is 0 Å². The van der Waals surface area contributed by atoms with Gasteiger partial charge in [0.1, 0.15) is 10.7 Å². The van der Waals surface area contributed by atoms with Gasteiger partial charge in [-0.2, -0.15) is 0 Å². The van der Waals surface area contributed by atoms with Gasteiger partial charge in [-0.15, -0.1) is 0 Å². The molecule has 1 aliphatic rings. The van der Waals surface area contributed by atoms with Gasteiger partial charge in [0.25, 0.3) is 0 Å². The molecule has 0 bridgehead atoms. The van der Waals surface area contributed by atoms with Crippen molar-refractivity contribution in [2.45, 2.75) is 23.2 Å². The van der Waals surface area contributed by atoms with Crippen molar-refractivity contribution >= 4 is 27.4 Å². The molecule has 1 aromatic heterocycles. The minimum atomic E-state index is -3.85. The third kappa shape index (κ3) is 4.12. The van der Waals surface area contributed by atoms with Gasteiger partial charge in [0.05, 0.1) is 0 Å². The van der Waals surface area contributed by atoms with E-state index in [9.17, 15) is 8.42 Å². The average molecular weight is 382 g/mol. The molecule has 1 fully saturated rings. The summed E-state index contributed by atoms with van der Waals surface area (Å²) >= 11 is 6.17. The van der Waals surface area contributed by atoms with E-state index in [1.165, 1.54) is 12.3 Å². The summed E-state index contributed by atoms with van der Waals surface area (Å²) in [6.07, 6.45) is 3.14. The number of sulfonamides is 1. The summed E-state index contributed by atoms with van der Waals surface area (Å²) in [6.45, 7) is 1.78. The molecular weight excluding hydrogens is 362 g/mol. The molecule has 2 aromatic rings. The zero-order valence-electron chi connectivity index (χ0n) is 13.6. The molecule has 2 heterocycles. The molecule has 0 unspecified atom stereocenters. The van der Waals surface area contributed by atoms with Gasteiger partial charge in [0, 0.05) is 36.4 Å². The van der Waals surface area contributed by atoms with E-state index in [1.54, 1.807) is 6.07 Å². The number of aromatic nitrogens is 1. The lowest BCUT2D eigenvalue weighted by Gasteiger charge is -2.38. The molecule has 25 heavy (non-hydrogen) atoms. The van der Waals surface area contributed by atoms with Crippen LogP contribution >= 0.6 is 11.6 Å². The number of rotatable bonds is 5. The molecule has 0 aliphatic carbocycles. The van der Waals surface area contributed by atoms with Crippen LogP contribution in [0.4, 0.5) is 5.82 Å². The number of hydrogen-bond acceptors (Lipinski definition) is 5. The molecule has 3 rings (SSSR count). The van der Waals surface area contributed by atoms with E-state index in [1.807, 2.05) is 24.3 Å². The predicted octanol–water partition coefficient (Wildman–Crippen LogP) is 2.54. The Morgan fingerprint density at radius 1 is 1.24 bits per heavy atom. The SMILES string of the molecule is NS(=O)(=O)c1cccnc1NCC1(c2cccc(Cl)c2)CCOCC1. The minimum absolute atomic E-state index is 0.0108. The van der Waals surface area contributed by atoms with Crippen LogP contribution in [0.5, 0.6) is 0 Å². The molecule has 1 aromatic carbocycles. The number of nitrogens with two attached hydrogens (primary N) is 1. The molecule has 0 radical (unpaired) electrons. The highest BCUT2D eigenvalue weighted by atomic mass is 35.5. The molecule has 1 saturated heterocycles. The Morgan fingerprint density at radius 2 is 2.00 bits per heavy atom. The number of nitrogens with zero attached hydrogens (tertiary/aromatic N) is 1. The summed E-state index contributed by atoms with van der Waals surface area (Å²) in [5.41, 5.74) is 0.889. The normalized spacial score (nSPS) is 17.2. The smallest absolute Gasteiger partial charge is 0.241 e. The van der Waals surface area contributed by atoms with Crippen LogP contribution in [0, 0.1) is 0 Å². The van der Waals surface area contributed by atoms with Gasteiger partial charge in [0.2, 0.25) is 10.0 Å². The Hall–Kier alpha value is -1.67. The number of ether oxygens (including phenoxy) is 1. The highest BCUT2D eigenvalue weighted by Crippen LogP contribution is 2.36. The number of halogens is 1. The van der Waals surface area contributed by atoms with Crippen molar-refractivity contribution in [2.24, 2.45) is 5.14 Å². The van der Waals surface area contributed by atoms with Gasteiger partial charge in [-0.1, -0.05) is 23.7 Å². The third-order valence-corrected chi connectivity index (χ3v) is 5.74. The number of primary sulfonamides is 1. The lowest BCUT2D eigenvalue weighted by atomic mass is 9.74. The highest BCUT2D eigenvalue weighted by Gasteiger charge is 2.35. The highest BCUT2D eigenvalue weighted by molar-refractivity contribution is 7.89. The second-order valence-corrected chi connectivity index (χ2v) is 8.12. The largest absolute Gasteiger partial charge is 0.381 e. The van der Waals surface area contributed by atoms with Gasteiger partial charge < -0.3 is 10.1 Å². The van der Waals surface area contributed by atoms with Gasteiger partial charge in [-0.05, 0) is 42.7 Å². The average Bonchev–Trinajstić information content (AvgIpc) is 2.60. The molecule has 0 amide bonds. The van der Waals surface area contributed by atoms with Crippen LogP contribution in [0.2, 0.25) is 5.02 Å². The van der Waals surface area contributed by atoms with Gasteiger partial charge in [-0.3, -0.25) is 0 Å². The van der Waals surface area contributed by atoms with Crippen molar-refractivity contribution in [2.75, 3.05) is 25.1 Å². The quantitative estimate of drug-likeness (QED) is 0.829. The van der Waals surface area contributed by atoms with Crippen LogP contribution in [0.1, 0.15) is 18.4 Å². The van der Waals surface area contributed by atoms with E-state index in [0.717, 1.165) is 18.4 Å². The maximum absolute atomic E-state index is 11.8. The standard InChI is InChI=1S/C17H20ClN3O3S/c18-14-4-1-3-13(11-14)17(6-9-24-10-7-17)12-21-16-15(25(19,22)23)5-2-8-20-16/h1-5,8,11H,6-7,9-10,12H2,(H,20,21)(H2,19,22,23). The van der Waals surface area contributed by atoms with Crippen molar-refractivity contribution in [3.8, 4) is 0 Å². The molecular formula is C17H20ClN3O3S. The number of pyridine rings is 1. The number of anilines is 1. The summed E-state index contributed by atoms with van der Waals surface area (Å²) in [5, 5.41) is 9.14. The topological polar surface area (TPSA) is 94.3 Å². The fraction of sp³-hybridized carbons (Fsp3) is 0.353. The molecule has 134 valence electrons. The van der Waals surface area contributed by atoms with E-state index in [-0.39, 0.29) is 16.1 Å². The van der Waals surface area contributed by atoms with Crippen LogP contribution in [0.25, 0.3) is 0 Å². The number of benzene rings is 1. The first-order valence-corrected chi connectivity index (χ1v) is 9.89. The van der Waals surface area contributed by atoms with Gasteiger partial charge in [0.15, 0.2) is 0 Å². The third-order valence-electron chi connectivity index (χ3n) is 4.56. The molecule has 6 nitrogen and oxygen atoms in total. The van der Waals surface area contributed by atoms with Crippen molar-refractivity contribution in [3.05, 3.63) is 53.2 Å². The Labute approximate surface area is 152 Å². The van der Waals surface area contributed by atoms with E-state index in [4.69, 9.17) is 21.5 Å². The van der Waals surface area contributed by atoms with Crippen LogP contribution in [-0.4, -0.2) is 33.2 Å². The second-order valence-electron chi connectivity index (χ2n) is 6.15. The van der Waals surface area contributed by atoms with Crippen LogP contribution in [0.15, 0.2) is 47.5 Å². The maximum Gasteiger partial charge on any atom is 0.241 e. The fourth-order valence-corrected chi connectivity index (χ4v) is 4.01. The van der Waals surface area contributed by atoms with Crippen molar-refractivity contribution in [1.29, 1.82) is 0 Å². The Kier molecular flexibility index (Phi) is 5.29. The zero-order valence-corrected chi connectivity index (χ0v) is 15.2. The van der Waals surface area contributed by atoms with Crippen LogP contribution in [-0.2, 0) is 20.2 Å². The second kappa shape index (κ2) is 7.29. The predicted molar refractivity (Wildman–Crippen MR) is 97.3 cm³/mol. The van der Waals surface area contributed by atoms with Crippen LogP contribution < -0.4 is 10.5 Å². The maximum atomic E-state index is 11.8. The Morgan fingerprint density at radius 3 is 2.68 bits per heavy atom.